The van der Waals surface area contributed by atoms with E-state index < -0.39 is 0 Å². The van der Waals surface area contributed by atoms with Gasteiger partial charge in [-0.05, 0) is 65.5 Å². The molecule has 0 atom stereocenters. The topological polar surface area (TPSA) is 18.5 Å². The lowest BCUT2D eigenvalue weighted by Gasteiger charge is -2.24. The summed E-state index contributed by atoms with van der Waals surface area (Å²) in [6, 6.07) is 0. The van der Waals surface area contributed by atoms with Gasteiger partial charge in [-0.1, -0.05) is 26.2 Å². The number of nitrogens with zero attached hydrogens (tertiary/aromatic N) is 2. The molecule has 114 valence electrons. The van der Waals surface area contributed by atoms with Gasteiger partial charge in [0.15, 0.2) is 0 Å². The average Bonchev–Trinajstić information content (AvgIpc) is 2.42. The monoisotopic (exact) mass is 269 g/mol. The lowest BCUT2D eigenvalue weighted by molar-refractivity contribution is 0.260. The van der Waals surface area contributed by atoms with Gasteiger partial charge in [-0.15, -0.1) is 0 Å². The van der Waals surface area contributed by atoms with Crippen LogP contribution in [0.5, 0.6) is 0 Å². The molecule has 0 aliphatic heterocycles. The van der Waals surface area contributed by atoms with Crippen LogP contribution in [0.15, 0.2) is 0 Å². The Morgan fingerprint density at radius 2 is 1.74 bits per heavy atom. The molecule has 1 fully saturated rings. The SMILES string of the molecule is CCN(CCCN(C)C)CCNCC1CCCCC1. The van der Waals surface area contributed by atoms with E-state index in [-0.39, 0.29) is 0 Å². The summed E-state index contributed by atoms with van der Waals surface area (Å²) in [6.07, 6.45) is 8.56. The molecular formula is C16H35N3. The molecule has 1 aliphatic carbocycles. The van der Waals surface area contributed by atoms with E-state index in [4.69, 9.17) is 0 Å². The average molecular weight is 269 g/mol. The van der Waals surface area contributed by atoms with Crippen molar-refractivity contribution in [2.45, 2.75) is 45.4 Å². The molecule has 3 heteroatoms. The van der Waals surface area contributed by atoms with Crippen molar-refractivity contribution in [3.05, 3.63) is 0 Å². The van der Waals surface area contributed by atoms with Gasteiger partial charge in [-0.25, -0.2) is 0 Å². The van der Waals surface area contributed by atoms with Crippen LogP contribution in [0.25, 0.3) is 0 Å². The van der Waals surface area contributed by atoms with Crippen molar-refractivity contribution in [2.24, 2.45) is 5.92 Å². The van der Waals surface area contributed by atoms with Crippen molar-refractivity contribution in [1.82, 2.24) is 15.1 Å². The van der Waals surface area contributed by atoms with Crippen molar-refractivity contribution >= 4 is 0 Å². The lowest BCUT2D eigenvalue weighted by atomic mass is 9.89. The summed E-state index contributed by atoms with van der Waals surface area (Å²) in [4.78, 5) is 4.84. The second-order valence-corrected chi connectivity index (χ2v) is 6.30. The summed E-state index contributed by atoms with van der Waals surface area (Å²) in [5.41, 5.74) is 0. The Bertz CT molecular complexity index is 200. The third-order valence-electron chi connectivity index (χ3n) is 4.29. The van der Waals surface area contributed by atoms with E-state index >= 15 is 0 Å². The van der Waals surface area contributed by atoms with Gasteiger partial charge in [0.2, 0.25) is 0 Å². The first-order valence-electron chi connectivity index (χ1n) is 8.30. The van der Waals surface area contributed by atoms with Crippen LogP contribution in [0.1, 0.15) is 45.4 Å². The van der Waals surface area contributed by atoms with Crippen LogP contribution >= 0.6 is 0 Å². The minimum absolute atomic E-state index is 0.956. The van der Waals surface area contributed by atoms with Crippen LogP contribution in [0.2, 0.25) is 0 Å². The molecule has 0 aromatic heterocycles. The predicted molar refractivity (Wildman–Crippen MR) is 84.7 cm³/mol. The Kier molecular flexibility index (Phi) is 9.48. The van der Waals surface area contributed by atoms with Gasteiger partial charge in [-0.2, -0.15) is 0 Å². The Balaban J connectivity index is 1.98. The molecule has 3 nitrogen and oxygen atoms in total. The first-order chi connectivity index (χ1) is 9.22. The van der Waals surface area contributed by atoms with Crippen molar-refractivity contribution in [2.75, 3.05) is 53.4 Å². The summed E-state index contributed by atoms with van der Waals surface area (Å²) >= 11 is 0. The van der Waals surface area contributed by atoms with E-state index in [0.717, 1.165) is 12.5 Å². The highest BCUT2D eigenvalue weighted by molar-refractivity contribution is 4.68. The molecule has 0 unspecified atom stereocenters. The van der Waals surface area contributed by atoms with E-state index in [2.05, 4.69) is 36.1 Å². The van der Waals surface area contributed by atoms with E-state index in [1.807, 2.05) is 0 Å². The first-order valence-corrected chi connectivity index (χ1v) is 8.30. The molecule has 1 saturated carbocycles. The number of hydrogen-bond acceptors (Lipinski definition) is 3. The largest absolute Gasteiger partial charge is 0.315 e. The molecule has 0 spiro atoms. The zero-order chi connectivity index (χ0) is 13.9. The maximum absolute atomic E-state index is 3.67. The Morgan fingerprint density at radius 3 is 2.37 bits per heavy atom. The number of nitrogens with one attached hydrogen (secondary N) is 1. The molecule has 1 N–H and O–H groups in total. The molecule has 0 amide bonds. The Labute approximate surface area is 120 Å². The quantitative estimate of drug-likeness (QED) is 0.615. The summed E-state index contributed by atoms with van der Waals surface area (Å²) in [5, 5.41) is 3.67. The van der Waals surface area contributed by atoms with Crippen LogP contribution < -0.4 is 5.32 Å². The molecule has 0 radical (unpaired) electrons. The summed E-state index contributed by atoms with van der Waals surface area (Å²) < 4.78 is 0. The maximum Gasteiger partial charge on any atom is 0.0107 e. The summed E-state index contributed by atoms with van der Waals surface area (Å²) in [7, 11) is 4.31. The van der Waals surface area contributed by atoms with Crippen molar-refractivity contribution in [1.29, 1.82) is 0 Å². The Hall–Kier alpha value is -0.120. The molecule has 0 aromatic rings. The normalized spacial score (nSPS) is 17.5. The first kappa shape index (κ1) is 16.9. The van der Waals surface area contributed by atoms with E-state index in [9.17, 15) is 0 Å². The maximum atomic E-state index is 3.67. The summed E-state index contributed by atoms with van der Waals surface area (Å²) in [6.45, 7) is 9.50. The Morgan fingerprint density at radius 1 is 1.00 bits per heavy atom. The van der Waals surface area contributed by atoms with Gasteiger partial charge in [-0.3, -0.25) is 0 Å². The fraction of sp³-hybridized carbons (Fsp3) is 1.00. The van der Waals surface area contributed by atoms with Crippen LogP contribution in [0, 0.1) is 5.92 Å². The highest BCUT2D eigenvalue weighted by atomic mass is 15.1. The fourth-order valence-electron chi connectivity index (χ4n) is 2.97. The fourth-order valence-corrected chi connectivity index (χ4v) is 2.97. The predicted octanol–water partition coefficient (Wildman–Crippen LogP) is 2.43. The molecular weight excluding hydrogens is 234 g/mol. The highest BCUT2D eigenvalue weighted by Gasteiger charge is 2.12. The smallest absolute Gasteiger partial charge is 0.0107 e. The van der Waals surface area contributed by atoms with Crippen LogP contribution in [0.4, 0.5) is 0 Å². The summed E-state index contributed by atoms with van der Waals surface area (Å²) in [5.74, 6) is 0.956. The molecule has 19 heavy (non-hydrogen) atoms. The third-order valence-corrected chi connectivity index (χ3v) is 4.29. The number of rotatable bonds is 10. The molecule has 0 bridgehead atoms. The van der Waals surface area contributed by atoms with Gasteiger partial charge in [0.25, 0.3) is 0 Å². The minimum Gasteiger partial charge on any atom is -0.315 e. The zero-order valence-electron chi connectivity index (χ0n) is 13.5. The van der Waals surface area contributed by atoms with E-state index in [1.54, 1.807) is 0 Å². The van der Waals surface area contributed by atoms with Gasteiger partial charge in [0.05, 0.1) is 0 Å². The highest BCUT2D eigenvalue weighted by Crippen LogP contribution is 2.22. The van der Waals surface area contributed by atoms with Crippen LogP contribution in [0.3, 0.4) is 0 Å². The second kappa shape index (κ2) is 10.6. The molecule has 1 rings (SSSR count). The van der Waals surface area contributed by atoms with Crippen LogP contribution in [-0.4, -0.2) is 63.2 Å². The minimum atomic E-state index is 0.956. The molecule has 0 aromatic carbocycles. The van der Waals surface area contributed by atoms with E-state index in [1.165, 1.54) is 71.2 Å². The number of likely N-dealkylation sites (N-methyl/N-ethyl adjacent to an activating group) is 1. The molecule has 0 saturated heterocycles. The van der Waals surface area contributed by atoms with Crippen LogP contribution in [-0.2, 0) is 0 Å². The third kappa shape index (κ3) is 8.61. The van der Waals surface area contributed by atoms with Gasteiger partial charge >= 0.3 is 0 Å². The second-order valence-electron chi connectivity index (χ2n) is 6.30. The van der Waals surface area contributed by atoms with Crippen molar-refractivity contribution in [3.63, 3.8) is 0 Å². The van der Waals surface area contributed by atoms with Gasteiger partial charge in [0.1, 0.15) is 0 Å². The lowest BCUT2D eigenvalue weighted by Crippen LogP contribution is -2.35. The van der Waals surface area contributed by atoms with Gasteiger partial charge < -0.3 is 15.1 Å². The van der Waals surface area contributed by atoms with Crippen molar-refractivity contribution in [3.8, 4) is 0 Å². The van der Waals surface area contributed by atoms with E-state index in [0.29, 0.717) is 0 Å². The zero-order valence-corrected chi connectivity index (χ0v) is 13.5. The molecule has 1 aliphatic rings. The standard InChI is InChI=1S/C16H35N3/c1-4-19(13-8-12-18(2)3)14-11-17-15-16-9-6-5-7-10-16/h16-17H,4-15H2,1-3H3. The van der Waals surface area contributed by atoms with Gasteiger partial charge in [0, 0.05) is 13.1 Å². The number of hydrogen-bond donors (Lipinski definition) is 1. The van der Waals surface area contributed by atoms with Crippen molar-refractivity contribution < 1.29 is 0 Å². The molecule has 0 heterocycles.